The fourth-order valence-corrected chi connectivity index (χ4v) is 6.10. The number of thioether (sulfide) groups is 1. The van der Waals surface area contributed by atoms with Gasteiger partial charge in [-0.2, -0.15) is 0 Å². The van der Waals surface area contributed by atoms with Crippen molar-refractivity contribution in [2.45, 2.75) is 36.3 Å². The second-order valence-electron chi connectivity index (χ2n) is 8.18. The van der Waals surface area contributed by atoms with Crippen molar-refractivity contribution < 1.29 is 9.53 Å². The molecule has 6 heteroatoms. The van der Waals surface area contributed by atoms with Crippen LogP contribution in [0.15, 0.2) is 47.4 Å². The third kappa shape index (κ3) is 4.14. The molecule has 4 aliphatic heterocycles. The molecule has 1 amide bonds. The van der Waals surface area contributed by atoms with Crippen LogP contribution in [0.5, 0.6) is 0 Å². The molecule has 1 unspecified atom stereocenters. The Bertz CT molecular complexity index is 914. The number of rotatable bonds is 3. The number of carbonyl (C=O) groups excluding carboxylic acids is 1. The summed E-state index contributed by atoms with van der Waals surface area (Å²) >= 11 is 8.00. The van der Waals surface area contributed by atoms with E-state index in [0.717, 1.165) is 60.8 Å². The number of nitrogens with zero attached hydrogens (tertiary/aromatic N) is 1. The van der Waals surface area contributed by atoms with E-state index in [1.54, 1.807) is 0 Å². The van der Waals surface area contributed by atoms with Crippen LogP contribution in [-0.2, 0) is 4.74 Å². The first-order chi connectivity index (χ1) is 14.2. The monoisotopic (exact) mass is 428 g/mol. The molecular weight excluding hydrogens is 404 g/mol. The first-order valence-corrected chi connectivity index (χ1v) is 11.7. The molecule has 4 nitrogen and oxygen atoms in total. The first kappa shape index (κ1) is 19.3. The molecular formula is C23H25ClN2O2S. The summed E-state index contributed by atoms with van der Waals surface area (Å²) in [6, 6.07) is 14.4. The number of halogens is 1. The molecule has 2 aromatic carbocycles. The van der Waals surface area contributed by atoms with E-state index in [2.05, 4.69) is 34.5 Å². The summed E-state index contributed by atoms with van der Waals surface area (Å²) in [5.41, 5.74) is 3.44. The average molecular weight is 429 g/mol. The number of hydrogen-bond donors (Lipinski definition) is 1. The van der Waals surface area contributed by atoms with Crippen LogP contribution in [0.2, 0.25) is 5.02 Å². The summed E-state index contributed by atoms with van der Waals surface area (Å²) in [4.78, 5) is 16.2. The van der Waals surface area contributed by atoms with Crippen LogP contribution in [0, 0.1) is 5.92 Å². The van der Waals surface area contributed by atoms with Gasteiger partial charge in [0.2, 0.25) is 0 Å². The quantitative estimate of drug-likeness (QED) is 0.714. The first-order valence-electron chi connectivity index (χ1n) is 10.4. The molecule has 2 atom stereocenters. The second kappa shape index (κ2) is 8.21. The van der Waals surface area contributed by atoms with Gasteiger partial charge in [0.25, 0.3) is 0 Å². The van der Waals surface area contributed by atoms with Gasteiger partial charge in [0.05, 0.1) is 6.04 Å². The minimum Gasteiger partial charge on any atom is -0.445 e. The molecule has 0 aliphatic carbocycles. The topological polar surface area (TPSA) is 41.6 Å². The Kier molecular flexibility index (Phi) is 5.46. The Balaban J connectivity index is 1.28. The minimum atomic E-state index is -0.273. The smallest absolute Gasteiger partial charge is 0.407 e. The summed E-state index contributed by atoms with van der Waals surface area (Å²) in [6.07, 6.45) is 2.98. The van der Waals surface area contributed by atoms with Gasteiger partial charge < -0.3 is 10.1 Å². The van der Waals surface area contributed by atoms with E-state index in [9.17, 15) is 4.79 Å². The highest BCUT2D eigenvalue weighted by molar-refractivity contribution is 7.99. The molecule has 0 aromatic heterocycles. The van der Waals surface area contributed by atoms with Gasteiger partial charge in [0.1, 0.15) is 6.10 Å². The van der Waals surface area contributed by atoms with E-state index in [1.807, 2.05) is 30.0 Å². The normalized spacial score (nSPS) is 27.9. The summed E-state index contributed by atoms with van der Waals surface area (Å²) in [6.45, 7) is 3.18. The SMILES string of the molecule is O=C(NC1CCSc2cc(-c3cccc(Cl)c3)ccc21)O[C@H]1CN2CCC1CC2. The molecule has 1 N–H and O–H groups in total. The van der Waals surface area contributed by atoms with Gasteiger partial charge in [-0.05, 0) is 73.2 Å². The third-order valence-corrected chi connectivity index (χ3v) is 7.70. The zero-order valence-electron chi connectivity index (χ0n) is 16.3. The molecule has 2 aromatic rings. The van der Waals surface area contributed by atoms with Crippen LogP contribution < -0.4 is 5.32 Å². The van der Waals surface area contributed by atoms with Crippen LogP contribution in [0.1, 0.15) is 30.9 Å². The van der Waals surface area contributed by atoms with E-state index < -0.39 is 0 Å². The lowest BCUT2D eigenvalue weighted by molar-refractivity contribution is -0.0339. The van der Waals surface area contributed by atoms with Crippen LogP contribution in [0.3, 0.4) is 0 Å². The van der Waals surface area contributed by atoms with Crippen molar-refractivity contribution in [1.29, 1.82) is 0 Å². The number of nitrogens with one attached hydrogen (secondary N) is 1. The van der Waals surface area contributed by atoms with Crippen LogP contribution in [-0.4, -0.2) is 42.5 Å². The molecule has 152 valence electrons. The molecule has 0 radical (unpaired) electrons. The predicted octanol–water partition coefficient (Wildman–Crippen LogP) is 5.36. The third-order valence-electron chi connectivity index (χ3n) is 6.36. The molecule has 0 saturated carbocycles. The zero-order valence-corrected chi connectivity index (χ0v) is 17.8. The fourth-order valence-electron chi connectivity index (χ4n) is 4.75. The van der Waals surface area contributed by atoms with Crippen LogP contribution in [0.4, 0.5) is 4.79 Å². The number of benzene rings is 2. The maximum atomic E-state index is 12.6. The molecule has 3 fully saturated rings. The van der Waals surface area contributed by atoms with E-state index in [4.69, 9.17) is 16.3 Å². The predicted molar refractivity (Wildman–Crippen MR) is 118 cm³/mol. The molecule has 3 saturated heterocycles. The minimum absolute atomic E-state index is 0.00763. The van der Waals surface area contributed by atoms with Gasteiger partial charge in [0, 0.05) is 22.2 Å². The van der Waals surface area contributed by atoms with E-state index >= 15 is 0 Å². The summed E-state index contributed by atoms with van der Waals surface area (Å²) in [5.74, 6) is 1.51. The summed E-state index contributed by atoms with van der Waals surface area (Å²) in [5, 5.41) is 3.87. The lowest BCUT2D eigenvalue weighted by Gasteiger charge is -2.44. The Morgan fingerprint density at radius 2 is 1.93 bits per heavy atom. The number of amides is 1. The Labute approximate surface area is 180 Å². The number of carbonyl (C=O) groups is 1. The van der Waals surface area contributed by atoms with Crippen molar-refractivity contribution in [3.63, 3.8) is 0 Å². The van der Waals surface area contributed by atoms with Gasteiger partial charge in [-0.3, -0.25) is 4.90 Å². The summed E-state index contributed by atoms with van der Waals surface area (Å²) < 4.78 is 5.84. The number of alkyl carbamates (subject to hydrolysis) is 1. The van der Waals surface area contributed by atoms with Crippen LogP contribution >= 0.6 is 23.4 Å². The Hall–Kier alpha value is -1.69. The van der Waals surface area contributed by atoms with Crippen molar-refractivity contribution in [2.24, 2.45) is 5.92 Å². The van der Waals surface area contributed by atoms with Gasteiger partial charge in [-0.15, -0.1) is 11.8 Å². The lowest BCUT2D eigenvalue weighted by Crippen LogP contribution is -2.52. The van der Waals surface area contributed by atoms with Gasteiger partial charge in [-0.25, -0.2) is 4.79 Å². The molecule has 6 rings (SSSR count). The average Bonchev–Trinajstić information content (AvgIpc) is 2.74. The number of ether oxygens (including phenoxy) is 1. The molecule has 2 bridgehead atoms. The summed E-state index contributed by atoms with van der Waals surface area (Å²) in [7, 11) is 0. The second-order valence-corrected chi connectivity index (χ2v) is 9.75. The van der Waals surface area contributed by atoms with Crippen molar-refractivity contribution in [2.75, 3.05) is 25.4 Å². The van der Waals surface area contributed by atoms with Crippen molar-refractivity contribution in [3.8, 4) is 11.1 Å². The maximum Gasteiger partial charge on any atom is 0.407 e. The Morgan fingerprint density at radius 1 is 1.10 bits per heavy atom. The van der Waals surface area contributed by atoms with Crippen LogP contribution in [0.25, 0.3) is 11.1 Å². The highest BCUT2D eigenvalue weighted by Gasteiger charge is 2.37. The highest BCUT2D eigenvalue weighted by Crippen LogP contribution is 2.39. The number of hydrogen-bond acceptors (Lipinski definition) is 4. The van der Waals surface area contributed by atoms with Gasteiger partial charge in [-0.1, -0.05) is 35.9 Å². The van der Waals surface area contributed by atoms with Crippen molar-refractivity contribution >= 4 is 29.5 Å². The molecule has 4 heterocycles. The van der Waals surface area contributed by atoms with E-state index in [0.29, 0.717) is 5.92 Å². The highest BCUT2D eigenvalue weighted by atomic mass is 35.5. The zero-order chi connectivity index (χ0) is 19.8. The molecule has 4 aliphatic rings. The Morgan fingerprint density at radius 3 is 2.69 bits per heavy atom. The fraction of sp³-hybridized carbons (Fsp3) is 0.435. The number of piperidine rings is 3. The number of fused-ring (bicyclic) bond motifs is 4. The standard InChI is InChI=1S/C23H25ClN2O2S/c24-18-3-1-2-16(12-18)17-4-5-19-20(8-11-29-22(19)13-17)25-23(27)28-21-14-26-9-6-15(21)7-10-26/h1-5,12-13,15,20-21H,6-11,14H2,(H,25,27)/t20?,21-/m0/s1. The van der Waals surface area contributed by atoms with Gasteiger partial charge in [0.15, 0.2) is 0 Å². The van der Waals surface area contributed by atoms with Crippen molar-refractivity contribution in [3.05, 3.63) is 53.1 Å². The molecule has 29 heavy (non-hydrogen) atoms. The van der Waals surface area contributed by atoms with E-state index in [-0.39, 0.29) is 18.2 Å². The van der Waals surface area contributed by atoms with E-state index in [1.165, 1.54) is 10.5 Å². The molecule has 0 spiro atoms. The lowest BCUT2D eigenvalue weighted by atomic mass is 9.86. The van der Waals surface area contributed by atoms with Gasteiger partial charge >= 0.3 is 6.09 Å². The largest absolute Gasteiger partial charge is 0.445 e. The maximum absolute atomic E-state index is 12.6. The van der Waals surface area contributed by atoms with Crippen molar-refractivity contribution in [1.82, 2.24) is 10.2 Å².